The number of hydrazone groups is 1. The maximum Gasteiger partial charge on any atom is 0.283 e. The van der Waals surface area contributed by atoms with Crippen molar-refractivity contribution in [2.45, 2.75) is 6.42 Å². The molecule has 182 valence electrons. The third-order valence-corrected chi connectivity index (χ3v) is 7.20. The second-order valence-corrected chi connectivity index (χ2v) is 9.43. The molecule has 3 heterocycles. The molecule has 0 fully saturated rings. The van der Waals surface area contributed by atoms with Crippen LogP contribution in [0.5, 0.6) is 5.75 Å². The Hall–Kier alpha value is -4.56. The predicted octanol–water partition coefficient (Wildman–Crippen LogP) is 5.63. The van der Waals surface area contributed by atoms with Crippen LogP contribution in [0.2, 0.25) is 0 Å². The van der Waals surface area contributed by atoms with E-state index in [1.54, 1.807) is 13.3 Å². The summed E-state index contributed by atoms with van der Waals surface area (Å²) in [4.78, 5) is 18.4. The largest absolute Gasteiger partial charge is 0.497 e. The summed E-state index contributed by atoms with van der Waals surface area (Å²) in [6, 6.07) is 25.8. The number of aromatic nitrogens is 2. The van der Waals surface area contributed by atoms with E-state index in [4.69, 9.17) is 9.84 Å². The monoisotopic (exact) mass is 505 g/mol. The highest BCUT2D eigenvalue weighted by atomic mass is 32.1. The number of hydrogen-bond acceptors (Lipinski definition) is 7. The molecule has 0 bridgehead atoms. The smallest absolute Gasteiger partial charge is 0.283 e. The number of thiophene rings is 1. The normalized spacial score (nSPS) is 13.4. The van der Waals surface area contributed by atoms with Gasteiger partial charge in [0.25, 0.3) is 5.56 Å². The van der Waals surface area contributed by atoms with Crippen LogP contribution in [-0.4, -0.2) is 35.2 Å². The van der Waals surface area contributed by atoms with E-state index in [2.05, 4.69) is 10.1 Å². The quantitative estimate of drug-likeness (QED) is 0.281. The van der Waals surface area contributed by atoms with Gasteiger partial charge in [0, 0.05) is 23.9 Å². The molecule has 7 nitrogen and oxygen atoms in total. The molecule has 2 aromatic heterocycles. The van der Waals surface area contributed by atoms with Crippen LogP contribution in [0.1, 0.15) is 17.5 Å². The Balaban J connectivity index is 1.21. The number of methoxy groups -OCH3 is 1. The fraction of sp³-hybridized carbons (Fsp3) is 0.103. The van der Waals surface area contributed by atoms with Crippen molar-refractivity contribution in [3.63, 3.8) is 0 Å². The summed E-state index contributed by atoms with van der Waals surface area (Å²) in [5.74, 6) is 0.835. The van der Waals surface area contributed by atoms with Gasteiger partial charge in [0.15, 0.2) is 0 Å². The third-order valence-electron chi connectivity index (χ3n) is 6.31. The SMILES string of the molecule is COc1ccc(C2=NN(c3ccc(/C=N\n4cnc5scc(-c6ccccc6)c5c4=O)cc3)CC2)cc1. The van der Waals surface area contributed by atoms with Crippen LogP contribution in [0, 0.1) is 0 Å². The van der Waals surface area contributed by atoms with Gasteiger partial charge in [-0.05, 0) is 53.1 Å². The Kier molecular flexibility index (Phi) is 6.08. The Bertz CT molecular complexity index is 1670. The van der Waals surface area contributed by atoms with Gasteiger partial charge < -0.3 is 4.74 Å². The highest BCUT2D eigenvalue weighted by molar-refractivity contribution is 7.17. The molecule has 0 N–H and O–H groups in total. The summed E-state index contributed by atoms with van der Waals surface area (Å²) >= 11 is 1.46. The topological polar surface area (TPSA) is 72.1 Å². The first kappa shape index (κ1) is 22.9. The van der Waals surface area contributed by atoms with Gasteiger partial charge in [0.05, 0.1) is 30.1 Å². The lowest BCUT2D eigenvalue weighted by atomic mass is 10.1. The van der Waals surface area contributed by atoms with Gasteiger partial charge in [-0.15, -0.1) is 11.3 Å². The van der Waals surface area contributed by atoms with E-state index in [9.17, 15) is 4.79 Å². The van der Waals surface area contributed by atoms with E-state index in [0.29, 0.717) is 10.2 Å². The first-order chi connectivity index (χ1) is 18.2. The Labute approximate surface area is 217 Å². The van der Waals surface area contributed by atoms with Gasteiger partial charge >= 0.3 is 0 Å². The molecule has 0 saturated heterocycles. The van der Waals surface area contributed by atoms with E-state index in [1.165, 1.54) is 22.3 Å². The summed E-state index contributed by atoms with van der Waals surface area (Å²) in [6.07, 6.45) is 4.02. The summed E-state index contributed by atoms with van der Waals surface area (Å²) in [7, 11) is 1.66. The minimum absolute atomic E-state index is 0.185. The molecule has 8 heteroatoms. The van der Waals surface area contributed by atoms with Gasteiger partial charge in [-0.25, -0.2) is 4.98 Å². The van der Waals surface area contributed by atoms with Crippen molar-refractivity contribution in [2.24, 2.45) is 10.2 Å². The number of fused-ring (bicyclic) bond motifs is 1. The minimum Gasteiger partial charge on any atom is -0.497 e. The highest BCUT2D eigenvalue weighted by Crippen LogP contribution is 2.30. The standard InChI is InChI=1S/C29H23N5O2S/c1-36-24-13-9-22(10-14-24)26-15-16-33(32-26)23-11-7-20(8-12-23)17-31-34-19-30-28-27(29(34)35)25(18-37-28)21-5-3-2-4-6-21/h2-14,17-19H,15-16H2,1H3/b31-17-. The average Bonchev–Trinajstić information content (AvgIpc) is 3.62. The van der Waals surface area contributed by atoms with E-state index < -0.39 is 0 Å². The summed E-state index contributed by atoms with van der Waals surface area (Å²) < 4.78 is 6.54. The zero-order chi connectivity index (χ0) is 25.2. The molecule has 0 amide bonds. The van der Waals surface area contributed by atoms with E-state index in [1.807, 2.05) is 89.3 Å². The maximum absolute atomic E-state index is 13.2. The van der Waals surface area contributed by atoms with E-state index >= 15 is 0 Å². The number of rotatable bonds is 6. The molecular weight excluding hydrogens is 482 g/mol. The lowest BCUT2D eigenvalue weighted by molar-refractivity contribution is 0.415. The molecule has 0 radical (unpaired) electrons. The third kappa shape index (κ3) is 4.54. The molecular formula is C29H23N5O2S. The molecule has 6 rings (SSSR count). The lowest BCUT2D eigenvalue weighted by Crippen LogP contribution is -2.16. The van der Waals surface area contributed by atoms with Crippen LogP contribution < -0.4 is 15.3 Å². The first-order valence-electron chi connectivity index (χ1n) is 11.9. The van der Waals surface area contributed by atoms with Crippen molar-refractivity contribution in [3.8, 4) is 16.9 Å². The molecule has 0 atom stereocenters. The molecule has 0 spiro atoms. The number of benzene rings is 3. The van der Waals surface area contributed by atoms with Gasteiger partial charge in [-0.2, -0.15) is 14.9 Å². The summed E-state index contributed by atoms with van der Waals surface area (Å²) in [5, 5.41) is 13.8. The summed E-state index contributed by atoms with van der Waals surface area (Å²) in [6.45, 7) is 0.820. The van der Waals surface area contributed by atoms with Crippen LogP contribution >= 0.6 is 11.3 Å². The summed E-state index contributed by atoms with van der Waals surface area (Å²) in [5.41, 5.74) is 5.73. The van der Waals surface area contributed by atoms with Crippen molar-refractivity contribution in [1.82, 2.24) is 9.66 Å². The van der Waals surface area contributed by atoms with Crippen molar-refractivity contribution < 1.29 is 4.74 Å². The Morgan fingerprint density at radius 1 is 0.973 bits per heavy atom. The second-order valence-electron chi connectivity index (χ2n) is 8.57. The predicted molar refractivity (Wildman–Crippen MR) is 150 cm³/mol. The van der Waals surface area contributed by atoms with E-state index in [-0.39, 0.29) is 5.56 Å². The zero-order valence-corrected chi connectivity index (χ0v) is 20.9. The van der Waals surface area contributed by atoms with Gasteiger partial charge in [0.2, 0.25) is 0 Å². The molecule has 3 aromatic carbocycles. The number of ether oxygens (including phenoxy) is 1. The average molecular weight is 506 g/mol. The van der Waals surface area contributed by atoms with Crippen LogP contribution in [0.4, 0.5) is 5.69 Å². The fourth-order valence-electron chi connectivity index (χ4n) is 4.33. The molecule has 1 aliphatic rings. The van der Waals surface area contributed by atoms with Crippen LogP contribution in [0.3, 0.4) is 0 Å². The van der Waals surface area contributed by atoms with Crippen LogP contribution in [0.25, 0.3) is 21.3 Å². The molecule has 37 heavy (non-hydrogen) atoms. The number of hydrogen-bond donors (Lipinski definition) is 0. The van der Waals surface area contributed by atoms with Crippen LogP contribution in [-0.2, 0) is 0 Å². The fourth-order valence-corrected chi connectivity index (χ4v) is 5.23. The first-order valence-corrected chi connectivity index (χ1v) is 12.8. The molecule has 5 aromatic rings. The van der Waals surface area contributed by atoms with Crippen molar-refractivity contribution in [3.05, 3.63) is 112 Å². The Morgan fingerprint density at radius 3 is 2.51 bits per heavy atom. The van der Waals surface area contributed by atoms with Crippen LogP contribution in [0.15, 0.2) is 106 Å². The minimum atomic E-state index is -0.185. The number of anilines is 1. The maximum atomic E-state index is 13.2. The van der Waals surface area contributed by atoms with Crippen molar-refractivity contribution >= 4 is 39.2 Å². The highest BCUT2D eigenvalue weighted by Gasteiger charge is 2.17. The van der Waals surface area contributed by atoms with Gasteiger partial charge in [-0.1, -0.05) is 42.5 Å². The van der Waals surface area contributed by atoms with Gasteiger partial charge in [0.1, 0.15) is 16.9 Å². The molecule has 0 aliphatic carbocycles. The molecule has 1 aliphatic heterocycles. The van der Waals surface area contributed by atoms with E-state index in [0.717, 1.165) is 52.4 Å². The molecule has 0 unspecified atom stereocenters. The van der Waals surface area contributed by atoms with Gasteiger partial charge in [-0.3, -0.25) is 9.80 Å². The van der Waals surface area contributed by atoms with Crippen molar-refractivity contribution in [2.75, 3.05) is 18.7 Å². The molecule has 0 saturated carbocycles. The zero-order valence-electron chi connectivity index (χ0n) is 20.1. The lowest BCUT2D eigenvalue weighted by Gasteiger charge is -2.13. The Morgan fingerprint density at radius 2 is 1.76 bits per heavy atom. The second kappa shape index (κ2) is 9.83. The van der Waals surface area contributed by atoms with Crippen molar-refractivity contribution in [1.29, 1.82) is 0 Å². The number of nitrogens with zero attached hydrogens (tertiary/aromatic N) is 5.